The van der Waals surface area contributed by atoms with Crippen LogP contribution in [0.4, 0.5) is 4.39 Å². The Kier molecular flexibility index (Phi) is 3.23. The third-order valence-corrected chi connectivity index (χ3v) is 2.02. The topological polar surface area (TPSA) is 17.8 Å². The third kappa shape index (κ3) is 2.10. The van der Waals surface area contributed by atoms with Crippen molar-refractivity contribution >= 4 is 5.57 Å². The van der Waals surface area contributed by atoms with Crippen LogP contribution in [0.25, 0.3) is 5.57 Å². The van der Waals surface area contributed by atoms with Gasteiger partial charge in [0.05, 0.1) is 6.20 Å². The summed E-state index contributed by atoms with van der Waals surface area (Å²) in [6, 6.07) is 0.283. The van der Waals surface area contributed by atoms with Gasteiger partial charge in [-0.05, 0) is 20.8 Å². The van der Waals surface area contributed by atoms with Crippen molar-refractivity contribution in [1.29, 1.82) is 0 Å². The van der Waals surface area contributed by atoms with Crippen LogP contribution in [-0.2, 0) is 0 Å². The maximum atomic E-state index is 13.1. The van der Waals surface area contributed by atoms with Gasteiger partial charge in [0.25, 0.3) is 0 Å². The molecular weight excluding hydrogens is 179 g/mol. The van der Waals surface area contributed by atoms with Crippen molar-refractivity contribution in [3.8, 4) is 0 Å². The summed E-state index contributed by atoms with van der Waals surface area (Å²) in [5.41, 5.74) is 1.12. The molecule has 0 aliphatic carbocycles. The number of rotatable bonds is 3. The Bertz CT molecular complexity index is 361. The average molecular weight is 194 g/mol. The minimum absolute atomic E-state index is 0.283. The molecule has 0 atom stereocenters. The summed E-state index contributed by atoms with van der Waals surface area (Å²) in [5.74, 6) is -0.298. The minimum atomic E-state index is -0.298. The second-order valence-electron chi connectivity index (χ2n) is 3.42. The van der Waals surface area contributed by atoms with Gasteiger partial charge in [0.2, 0.25) is 0 Å². The molecule has 0 amide bonds. The van der Waals surface area contributed by atoms with E-state index in [1.54, 1.807) is 24.0 Å². The second kappa shape index (κ2) is 4.22. The van der Waals surface area contributed by atoms with Crippen LogP contribution in [0.15, 0.2) is 30.9 Å². The lowest BCUT2D eigenvalue weighted by Crippen LogP contribution is -1.99. The van der Waals surface area contributed by atoms with Gasteiger partial charge in [0.1, 0.15) is 5.83 Å². The third-order valence-electron chi connectivity index (χ3n) is 2.02. The molecule has 1 rings (SSSR count). The molecule has 0 spiro atoms. The van der Waals surface area contributed by atoms with Gasteiger partial charge in [-0.15, -0.1) is 0 Å². The summed E-state index contributed by atoms with van der Waals surface area (Å²) in [6.45, 7) is 9.36. The summed E-state index contributed by atoms with van der Waals surface area (Å²) in [6.07, 6.45) is 4.83. The summed E-state index contributed by atoms with van der Waals surface area (Å²) >= 11 is 0. The monoisotopic (exact) mass is 194 g/mol. The molecule has 0 saturated heterocycles. The normalized spacial score (nSPS) is 12.2. The fourth-order valence-corrected chi connectivity index (χ4v) is 1.09. The lowest BCUT2D eigenvalue weighted by molar-refractivity contribution is 0.532. The van der Waals surface area contributed by atoms with Crippen molar-refractivity contribution in [2.24, 2.45) is 0 Å². The molecule has 14 heavy (non-hydrogen) atoms. The van der Waals surface area contributed by atoms with E-state index in [4.69, 9.17) is 0 Å². The molecular formula is C11H15FN2. The van der Waals surface area contributed by atoms with E-state index in [1.165, 1.54) is 6.08 Å². The quantitative estimate of drug-likeness (QED) is 0.675. The predicted octanol–water partition coefficient (Wildman–Crippen LogP) is 3.35. The highest BCUT2D eigenvalue weighted by Crippen LogP contribution is 2.22. The standard InChI is InChI=1S/C11H15FN2/c1-5-11(12)9(4)10-6-13-14(7-10)8(2)3/h5-8H,4H2,1-3H3/b11-5+. The Balaban J connectivity index is 2.93. The van der Waals surface area contributed by atoms with Crippen LogP contribution in [0, 0.1) is 0 Å². The molecule has 1 aromatic rings. The van der Waals surface area contributed by atoms with E-state index in [-0.39, 0.29) is 11.9 Å². The van der Waals surface area contributed by atoms with E-state index in [2.05, 4.69) is 11.7 Å². The Morgan fingerprint density at radius 2 is 2.29 bits per heavy atom. The van der Waals surface area contributed by atoms with Crippen molar-refractivity contribution in [2.75, 3.05) is 0 Å². The first-order valence-electron chi connectivity index (χ1n) is 4.62. The molecule has 0 aliphatic heterocycles. The molecule has 1 heterocycles. The first kappa shape index (κ1) is 10.7. The first-order valence-corrected chi connectivity index (χ1v) is 4.62. The largest absolute Gasteiger partial charge is 0.270 e. The lowest BCUT2D eigenvalue weighted by Gasteiger charge is -2.03. The molecule has 0 unspecified atom stereocenters. The van der Waals surface area contributed by atoms with Crippen molar-refractivity contribution in [2.45, 2.75) is 26.8 Å². The van der Waals surface area contributed by atoms with Crippen LogP contribution in [-0.4, -0.2) is 9.78 Å². The van der Waals surface area contributed by atoms with Crippen molar-refractivity contribution < 1.29 is 4.39 Å². The molecule has 0 fully saturated rings. The van der Waals surface area contributed by atoms with E-state index >= 15 is 0 Å². The molecule has 0 aromatic carbocycles. The van der Waals surface area contributed by atoms with Gasteiger partial charge < -0.3 is 0 Å². The molecule has 0 radical (unpaired) electrons. The molecule has 0 N–H and O–H groups in total. The Morgan fingerprint density at radius 1 is 1.64 bits per heavy atom. The van der Waals surface area contributed by atoms with Crippen LogP contribution >= 0.6 is 0 Å². The Morgan fingerprint density at radius 3 is 2.71 bits per heavy atom. The zero-order chi connectivity index (χ0) is 10.7. The lowest BCUT2D eigenvalue weighted by atomic mass is 10.1. The molecule has 3 heteroatoms. The van der Waals surface area contributed by atoms with Gasteiger partial charge in [-0.25, -0.2) is 4.39 Å². The van der Waals surface area contributed by atoms with Crippen LogP contribution in [0.3, 0.4) is 0 Å². The van der Waals surface area contributed by atoms with Gasteiger partial charge in [0.15, 0.2) is 0 Å². The van der Waals surface area contributed by atoms with E-state index in [0.29, 0.717) is 5.57 Å². The first-order chi connectivity index (χ1) is 6.56. The van der Waals surface area contributed by atoms with Crippen LogP contribution in [0.5, 0.6) is 0 Å². The smallest absolute Gasteiger partial charge is 0.126 e. The van der Waals surface area contributed by atoms with E-state index < -0.39 is 0 Å². The van der Waals surface area contributed by atoms with Crippen molar-refractivity contribution in [1.82, 2.24) is 9.78 Å². The van der Waals surface area contributed by atoms with Crippen LogP contribution < -0.4 is 0 Å². The zero-order valence-corrected chi connectivity index (χ0v) is 8.79. The highest BCUT2D eigenvalue weighted by Gasteiger charge is 2.07. The highest BCUT2D eigenvalue weighted by atomic mass is 19.1. The van der Waals surface area contributed by atoms with Gasteiger partial charge in [-0.2, -0.15) is 5.10 Å². The maximum Gasteiger partial charge on any atom is 0.126 e. The molecule has 0 saturated carbocycles. The Labute approximate surface area is 83.7 Å². The fourth-order valence-electron chi connectivity index (χ4n) is 1.09. The molecule has 1 aromatic heterocycles. The number of hydrogen-bond acceptors (Lipinski definition) is 1. The molecule has 0 bridgehead atoms. The Hall–Kier alpha value is -1.38. The summed E-state index contributed by atoms with van der Waals surface area (Å²) in [5, 5.41) is 4.12. The van der Waals surface area contributed by atoms with E-state index in [1.807, 2.05) is 13.8 Å². The SMILES string of the molecule is C=C(/C(F)=C\C)c1cnn(C(C)C)c1. The van der Waals surface area contributed by atoms with Crippen LogP contribution in [0.2, 0.25) is 0 Å². The van der Waals surface area contributed by atoms with Gasteiger partial charge >= 0.3 is 0 Å². The minimum Gasteiger partial charge on any atom is -0.270 e. The van der Waals surface area contributed by atoms with Crippen molar-refractivity contribution in [3.63, 3.8) is 0 Å². The fraction of sp³-hybridized carbons (Fsp3) is 0.364. The number of hydrogen-bond donors (Lipinski definition) is 0. The maximum absolute atomic E-state index is 13.1. The van der Waals surface area contributed by atoms with Crippen LogP contribution in [0.1, 0.15) is 32.4 Å². The van der Waals surface area contributed by atoms with Gasteiger partial charge in [-0.3, -0.25) is 4.68 Å². The average Bonchev–Trinajstić information content (AvgIpc) is 2.64. The van der Waals surface area contributed by atoms with E-state index in [9.17, 15) is 4.39 Å². The predicted molar refractivity (Wildman–Crippen MR) is 56.5 cm³/mol. The molecule has 2 nitrogen and oxygen atoms in total. The number of nitrogens with zero attached hydrogens (tertiary/aromatic N) is 2. The summed E-state index contributed by atoms with van der Waals surface area (Å²) < 4.78 is 14.9. The van der Waals surface area contributed by atoms with Gasteiger partial charge in [0, 0.05) is 23.4 Å². The van der Waals surface area contributed by atoms with E-state index in [0.717, 1.165) is 5.56 Å². The number of halogens is 1. The molecule has 76 valence electrons. The zero-order valence-electron chi connectivity index (χ0n) is 8.79. The molecule has 0 aliphatic rings. The van der Waals surface area contributed by atoms with Crippen molar-refractivity contribution in [3.05, 3.63) is 36.4 Å². The highest BCUT2D eigenvalue weighted by molar-refractivity contribution is 5.74. The number of aromatic nitrogens is 2. The second-order valence-corrected chi connectivity index (χ2v) is 3.42. The van der Waals surface area contributed by atoms with Gasteiger partial charge in [-0.1, -0.05) is 12.7 Å². The number of allylic oxidation sites excluding steroid dienone is 3. The summed E-state index contributed by atoms with van der Waals surface area (Å²) in [7, 11) is 0. The summed E-state index contributed by atoms with van der Waals surface area (Å²) in [4.78, 5) is 0.